The van der Waals surface area contributed by atoms with Crippen LogP contribution < -0.4 is 24.4 Å². The minimum absolute atomic E-state index is 0.0981. The van der Waals surface area contributed by atoms with Crippen molar-refractivity contribution in [3.05, 3.63) is 84.5 Å². The number of carbonyl (C=O) groups excluding carboxylic acids is 1. The third-order valence-corrected chi connectivity index (χ3v) is 6.40. The van der Waals surface area contributed by atoms with Gasteiger partial charge in [0, 0.05) is 5.56 Å². The number of carbonyl (C=O) groups is 1. The van der Waals surface area contributed by atoms with Crippen LogP contribution in [0, 0.1) is 0 Å². The average Bonchev–Trinajstić information content (AvgIpc) is 3.12. The maximum absolute atomic E-state index is 13.6. The first-order chi connectivity index (χ1) is 16.4. The van der Waals surface area contributed by atoms with Gasteiger partial charge in [0.2, 0.25) is 0 Å². The number of fused-ring (bicyclic) bond motifs is 1. The van der Waals surface area contributed by atoms with Gasteiger partial charge in [0.15, 0.2) is 4.80 Å². The van der Waals surface area contributed by atoms with Crippen molar-refractivity contribution >= 4 is 23.4 Å². The number of hydrogen-bond donors (Lipinski definition) is 1. The van der Waals surface area contributed by atoms with Gasteiger partial charge in [-0.25, -0.2) is 9.79 Å². The monoisotopic (exact) mass is 480 g/mol. The number of ether oxygens (including phenoxy) is 3. The van der Waals surface area contributed by atoms with Gasteiger partial charge in [-0.2, -0.15) is 0 Å². The number of allylic oxidation sites excluding steroid dienone is 1. The van der Waals surface area contributed by atoms with Crippen LogP contribution in [0.25, 0.3) is 6.08 Å². The van der Waals surface area contributed by atoms with Crippen molar-refractivity contribution in [2.75, 3.05) is 20.8 Å². The summed E-state index contributed by atoms with van der Waals surface area (Å²) >= 11 is 1.20. The highest BCUT2D eigenvalue weighted by Crippen LogP contribution is 2.37. The number of hydrogen-bond acceptors (Lipinski definition) is 8. The van der Waals surface area contributed by atoms with E-state index in [1.54, 1.807) is 69.5 Å². The fourth-order valence-corrected chi connectivity index (χ4v) is 4.95. The standard InChI is InChI=1S/C25H24N2O6S/c1-5-33-24(30)21-14(2)26-25-27(22(21)18-13-17(31-3)9-10-19(18)32-4)23(29)20(34-25)12-15-7-6-8-16(28)11-15/h6-13,22,28H,5H2,1-4H3/t22-/m0/s1. The van der Waals surface area contributed by atoms with Gasteiger partial charge in [-0.3, -0.25) is 9.36 Å². The van der Waals surface area contributed by atoms with Gasteiger partial charge in [0.1, 0.15) is 23.3 Å². The van der Waals surface area contributed by atoms with Crippen molar-refractivity contribution < 1.29 is 24.1 Å². The fourth-order valence-electron chi connectivity index (χ4n) is 3.90. The zero-order valence-electron chi connectivity index (χ0n) is 19.2. The summed E-state index contributed by atoms with van der Waals surface area (Å²) in [6, 6.07) is 11.0. The molecule has 0 aliphatic carbocycles. The Morgan fingerprint density at radius 1 is 1.21 bits per heavy atom. The molecule has 0 unspecified atom stereocenters. The molecular weight excluding hydrogens is 456 g/mol. The lowest BCUT2D eigenvalue weighted by atomic mass is 9.94. The number of rotatable bonds is 6. The molecule has 8 nitrogen and oxygen atoms in total. The Hall–Kier alpha value is -3.85. The normalized spacial score (nSPS) is 15.5. The maximum atomic E-state index is 13.6. The molecule has 3 aromatic rings. The van der Waals surface area contributed by atoms with Crippen LogP contribution in [0.2, 0.25) is 0 Å². The molecule has 1 aromatic heterocycles. The van der Waals surface area contributed by atoms with Gasteiger partial charge < -0.3 is 19.3 Å². The molecule has 0 saturated carbocycles. The molecular formula is C25H24N2O6S. The van der Waals surface area contributed by atoms with Crippen molar-refractivity contribution in [1.29, 1.82) is 0 Å². The van der Waals surface area contributed by atoms with Crippen LogP contribution in [0.1, 0.15) is 31.0 Å². The van der Waals surface area contributed by atoms with Crippen LogP contribution in [0.4, 0.5) is 0 Å². The number of aromatic hydroxyl groups is 1. The van der Waals surface area contributed by atoms with Crippen LogP contribution in [0.3, 0.4) is 0 Å². The number of aromatic nitrogens is 1. The molecule has 0 radical (unpaired) electrons. The van der Waals surface area contributed by atoms with Gasteiger partial charge in [0.25, 0.3) is 5.56 Å². The predicted molar refractivity (Wildman–Crippen MR) is 128 cm³/mol. The average molecular weight is 481 g/mol. The number of esters is 1. The van der Waals surface area contributed by atoms with Crippen LogP contribution in [0.5, 0.6) is 17.2 Å². The van der Waals surface area contributed by atoms with E-state index in [0.717, 1.165) is 0 Å². The molecule has 0 bridgehead atoms. The van der Waals surface area contributed by atoms with E-state index in [-0.39, 0.29) is 23.5 Å². The van der Waals surface area contributed by atoms with E-state index in [2.05, 4.69) is 4.99 Å². The molecule has 2 heterocycles. The Bertz CT molecular complexity index is 1470. The SMILES string of the molecule is CCOC(=O)C1=C(C)N=c2sc(=Cc3cccc(O)c3)c(=O)n2[C@H]1c1cc(OC)ccc1OC. The molecule has 4 rings (SSSR count). The number of phenolic OH excluding ortho intramolecular Hbond substituents is 1. The summed E-state index contributed by atoms with van der Waals surface area (Å²) in [5, 5.41) is 9.80. The molecule has 2 aromatic carbocycles. The van der Waals surface area contributed by atoms with Crippen molar-refractivity contribution in [3.63, 3.8) is 0 Å². The second-order valence-corrected chi connectivity index (χ2v) is 8.51. The third kappa shape index (κ3) is 4.22. The fraction of sp³-hybridized carbons (Fsp3) is 0.240. The Kier molecular flexibility index (Phi) is 6.56. The molecule has 1 aliphatic rings. The first-order valence-corrected chi connectivity index (χ1v) is 11.4. The minimum atomic E-state index is -0.827. The lowest BCUT2D eigenvalue weighted by Crippen LogP contribution is -2.40. The first-order valence-electron chi connectivity index (χ1n) is 10.6. The van der Waals surface area contributed by atoms with Crippen LogP contribution >= 0.6 is 11.3 Å². The zero-order valence-corrected chi connectivity index (χ0v) is 20.0. The minimum Gasteiger partial charge on any atom is -0.508 e. The maximum Gasteiger partial charge on any atom is 0.338 e. The Morgan fingerprint density at radius 2 is 2.00 bits per heavy atom. The number of benzene rings is 2. The molecule has 0 saturated heterocycles. The summed E-state index contributed by atoms with van der Waals surface area (Å²) in [5.74, 6) is 0.585. The molecule has 0 amide bonds. The third-order valence-electron chi connectivity index (χ3n) is 5.42. The Balaban J connectivity index is 2.02. The highest BCUT2D eigenvalue weighted by atomic mass is 32.1. The lowest BCUT2D eigenvalue weighted by Gasteiger charge is -2.26. The smallest absolute Gasteiger partial charge is 0.338 e. The van der Waals surface area contributed by atoms with Crippen LogP contribution in [-0.2, 0) is 9.53 Å². The number of thiazole rings is 1. The molecule has 34 heavy (non-hydrogen) atoms. The van der Waals surface area contributed by atoms with E-state index in [0.29, 0.717) is 37.7 Å². The number of nitrogens with zero attached hydrogens (tertiary/aromatic N) is 2. The molecule has 1 aliphatic heterocycles. The predicted octanol–water partition coefficient (Wildman–Crippen LogP) is 2.52. The second kappa shape index (κ2) is 9.56. The van der Waals surface area contributed by atoms with Crippen molar-refractivity contribution in [2.24, 2.45) is 4.99 Å². The van der Waals surface area contributed by atoms with Gasteiger partial charge in [-0.1, -0.05) is 23.5 Å². The van der Waals surface area contributed by atoms with E-state index in [1.165, 1.54) is 23.0 Å². The van der Waals surface area contributed by atoms with Gasteiger partial charge in [-0.15, -0.1) is 0 Å². The molecule has 1 atom stereocenters. The quantitative estimate of drug-likeness (QED) is 0.545. The summed E-state index contributed by atoms with van der Waals surface area (Å²) in [7, 11) is 3.07. The molecule has 0 fully saturated rings. The number of methoxy groups -OCH3 is 2. The van der Waals surface area contributed by atoms with E-state index >= 15 is 0 Å². The summed E-state index contributed by atoms with van der Waals surface area (Å²) in [4.78, 5) is 31.7. The Morgan fingerprint density at radius 3 is 2.68 bits per heavy atom. The van der Waals surface area contributed by atoms with E-state index in [1.807, 2.05) is 0 Å². The molecule has 176 valence electrons. The Labute approximate surface area is 199 Å². The van der Waals surface area contributed by atoms with Gasteiger partial charge in [-0.05, 0) is 55.8 Å². The lowest BCUT2D eigenvalue weighted by molar-refractivity contribution is -0.139. The topological polar surface area (TPSA) is 99.4 Å². The molecule has 0 spiro atoms. The summed E-state index contributed by atoms with van der Waals surface area (Å²) in [6.45, 7) is 3.62. The summed E-state index contributed by atoms with van der Waals surface area (Å²) < 4.78 is 18.2. The van der Waals surface area contributed by atoms with Crippen molar-refractivity contribution in [1.82, 2.24) is 4.57 Å². The van der Waals surface area contributed by atoms with Gasteiger partial charge >= 0.3 is 5.97 Å². The number of phenols is 1. The summed E-state index contributed by atoms with van der Waals surface area (Å²) in [5.41, 5.74) is 1.63. The van der Waals surface area contributed by atoms with E-state index in [4.69, 9.17) is 14.2 Å². The van der Waals surface area contributed by atoms with Gasteiger partial charge in [0.05, 0.1) is 36.6 Å². The van der Waals surface area contributed by atoms with E-state index in [9.17, 15) is 14.7 Å². The highest BCUT2D eigenvalue weighted by molar-refractivity contribution is 7.07. The first kappa shape index (κ1) is 23.3. The molecule has 9 heteroatoms. The highest BCUT2D eigenvalue weighted by Gasteiger charge is 2.35. The second-order valence-electron chi connectivity index (χ2n) is 7.51. The largest absolute Gasteiger partial charge is 0.508 e. The zero-order chi connectivity index (χ0) is 24.4. The van der Waals surface area contributed by atoms with E-state index < -0.39 is 12.0 Å². The van der Waals surface area contributed by atoms with Crippen molar-refractivity contribution in [2.45, 2.75) is 19.9 Å². The van der Waals surface area contributed by atoms with Crippen molar-refractivity contribution in [3.8, 4) is 17.2 Å². The molecule has 1 N–H and O–H groups in total. The van der Waals surface area contributed by atoms with Crippen LogP contribution in [0.15, 0.2) is 63.5 Å². The van der Waals surface area contributed by atoms with Crippen LogP contribution in [-0.4, -0.2) is 36.5 Å². The summed E-state index contributed by atoms with van der Waals surface area (Å²) in [6.07, 6.45) is 1.69.